The molecule has 25 heavy (non-hydrogen) atoms. The van der Waals surface area contributed by atoms with Crippen LogP contribution in [0.25, 0.3) is 11.1 Å². The second-order valence-corrected chi connectivity index (χ2v) is 6.00. The standard InChI is InChI=1S/C18H13NO5S/c20-18(21)14-8-15(19(22)23)17(13-4-2-1-3-5-13)16(9-14)24-10-12-6-7-25-11-12/h1-9,11H,10H2,(H,20,21). The van der Waals surface area contributed by atoms with Crippen LogP contribution in [0.15, 0.2) is 59.3 Å². The van der Waals surface area contributed by atoms with Gasteiger partial charge >= 0.3 is 5.97 Å². The third-order valence-corrected chi connectivity index (χ3v) is 4.29. The third kappa shape index (κ3) is 3.67. The van der Waals surface area contributed by atoms with E-state index in [1.165, 1.54) is 17.4 Å². The molecular formula is C18H13NO5S. The number of aromatic carboxylic acids is 1. The van der Waals surface area contributed by atoms with Crippen molar-refractivity contribution in [3.05, 3.63) is 80.5 Å². The monoisotopic (exact) mass is 355 g/mol. The Morgan fingerprint density at radius 1 is 1.20 bits per heavy atom. The number of thiophene rings is 1. The molecule has 0 saturated heterocycles. The van der Waals surface area contributed by atoms with Gasteiger partial charge in [-0.1, -0.05) is 30.3 Å². The van der Waals surface area contributed by atoms with Crippen molar-refractivity contribution in [2.75, 3.05) is 0 Å². The zero-order valence-electron chi connectivity index (χ0n) is 12.9. The molecule has 3 aromatic rings. The number of nitrogens with zero attached hydrogens (tertiary/aromatic N) is 1. The van der Waals surface area contributed by atoms with Crippen LogP contribution in [0.3, 0.4) is 0 Å². The second kappa shape index (κ2) is 7.14. The first kappa shape index (κ1) is 16.7. The van der Waals surface area contributed by atoms with Gasteiger partial charge in [-0.3, -0.25) is 10.1 Å². The summed E-state index contributed by atoms with van der Waals surface area (Å²) >= 11 is 1.51. The van der Waals surface area contributed by atoms with E-state index in [0.717, 1.165) is 11.6 Å². The van der Waals surface area contributed by atoms with Gasteiger partial charge in [0.15, 0.2) is 0 Å². The lowest BCUT2D eigenvalue weighted by Crippen LogP contribution is -2.04. The Balaban J connectivity index is 2.14. The Morgan fingerprint density at radius 3 is 2.56 bits per heavy atom. The van der Waals surface area contributed by atoms with Crippen LogP contribution >= 0.6 is 11.3 Å². The predicted molar refractivity (Wildman–Crippen MR) is 94.1 cm³/mol. The minimum atomic E-state index is -1.25. The number of ether oxygens (including phenoxy) is 1. The van der Waals surface area contributed by atoms with Crippen LogP contribution in [0.4, 0.5) is 5.69 Å². The molecule has 0 aliphatic carbocycles. The highest BCUT2D eigenvalue weighted by molar-refractivity contribution is 7.07. The third-order valence-electron chi connectivity index (χ3n) is 3.56. The van der Waals surface area contributed by atoms with E-state index in [1.807, 2.05) is 16.8 Å². The fourth-order valence-electron chi connectivity index (χ4n) is 2.41. The minimum Gasteiger partial charge on any atom is -0.488 e. The number of nitro groups is 1. The molecule has 0 aliphatic rings. The summed E-state index contributed by atoms with van der Waals surface area (Å²) in [6, 6.07) is 13.0. The summed E-state index contributed by atoms with van der Waals surface area (Å²) in [6.45, 7) is 0.198. The molecule has 0 bridgehead atoms. The molecule has 1 N–H and O–H groups in total. The first-order chi connectivity index (χ1) is 12.1. The van der Waals surface area contributed by atoms with Gasteiger partial charge in [0.1, 0.15) is 17.9 Å². The van der Waals surface area contributed by atoms with Crippen molar-refractivity contribution in [2.45, 2.75) is 6.61 Å². The fraction of sp³-hybridized carbons (Fsp3) is 0.0556. The maximum Gasteiger partial charge on any atom is 0.336 e. The minimum absolute atomic E-state index is 0.170. The maximum atomic E-state index is 11.5. The van der Waals surface area contributed by atoms with Crippen LogP contribution < -0.4 is 4.74 Å². The largest absolute Gasteiger partial charge is 0.488 e. The SMILES string of the molecule is O=C(O)c1cc(OCc2ccsc2)c(-c2ccccc2)c([N+](=O)[O-])c1. The number of benzene rings is 2. The summed E-state index contributed by atoms with van der Waals surface area (Å²) in [5.74, 6) is -1.08. The predicted octanol–water partition coefficient (Wildman–Crippen LogP) is 4.60. The van der Waals surface area contributed by atoms with Gasteiger partial charge in [-0.15, -0.1) is 0 Å². The smallest absolute Gasteiger partial charge is 0.336 e. The lowest BCUT2D eigenvalue weighted by Gasteiger charge is -2.13. The van der Waals surface area contributed by atoms with Gasteiger partial charge in [0.25, 0.3) is 5.69 Å². The topological polar surface area (TPSA) is 89.7 Å². The summed E-state index contributed by atoms with van der Waals surface area (Å²) in [5.41, 5.74) is 1.28. The van der Waals surface area contributed by atoms with Crippen molar-refractivity contribution < 1.29 is 19.6 Å². The van der Waals surface area contributed by atoms with E-state index in [2.05, 4.69) is 0 Å². The van der Waals surface area contributed by atoms with Gasteiger partial charge in [-0.05, 0) is 34.0 Å². The molecule has 1 aromatic heterocycles. The molecule has 0 saturated carbocycles. The normalized spacial score (nSPS) is 10.4. The molecule has 126 valence electrons. The molecule has 1 heterocycles. The van der Waals surface area contributed by atoms with E-state index < -0.39 is 10.9 Å². The molecule has 0 spiro atoms. The fourth-order valence-corrected chi connectivity index (χ4v) is 3.07. The van der Waals surface area contributed by atoms with Gasteiger partial charge in [0, 0.05) is 6.07 Å². The van der Waals surface area contributed by atoms with Gasteiger partial charge in [-0.25, -0.2) is 4.79 Å². The summed E-state index contributed by atoms with van der Waals surface area (Å²) in [4.78, 5) is 22.3. The molecule has 0 fully saturated rings. The van der Waals surface area contributed by atoms with Gasteiger partial charge in [0.05, 0.1) is 10.5 Å². The second-order valence-electron chi connectivity index (χ2n) is 5.22. The maximum absolute atomic E-state index is 11.5. The quantitative estimate of drug-likeness (QED) is 0.515. The van der Waals surface area contributed by atoms with E-state index in [-0.39, 0.29) is 29.2 Å². The summed E-state index contributed by atoms with van der Waals surface area (Å²) in [6.07, 6.45) is 0. The molecule has 0 amide bonds. The van der Waals surface area contributed by atoms with Crippen molar-refractivity contribution in [2.24, 2.45) is 0 Å². The zero-order valence-corrected chi connectivity index (χ0v) is 13.7. The van der Waals surface area contributed by atoms with Crippen LogP contribution in [-0.2, 0) is 6.61 Å². The highest BCUT2D eigenvalue weighted by Crippen LogP contribution is 2.39. The van der Waals surface area contributed by atoms with Crippen molar-refractivity contribution in [3.8, 4) is 16.9 Å². The molecule has 0 atom stereocenters. The van der Waals surface area contributed by atoms with Crippen LogP contribution in [-0.4, -0.2) is 16.0 Å². The number of carbonyl (C=O) groups is 1. The highest BCUT2D eigenvalue weighted by atomic mass is 32.1. The lowest BCUT2D eigenvalue weighted by atomic mass is 10.00. The highest BCUT2D eigenvalue weighted by Gasteiger charge is 2.24. The summed E-state index contributed by atoms with van der Waals surface area (Å²) < 4.78 is 5.76. The van der Waals surface area contributed by atoms with Crippen molar-refractivity contribution in [3.63, 3.8) is 0 Å². The summed E-state index contributed by atoms with van der Waals surface area (Å²) in [5, 5.41) is 24.6. The first-order valence-corrected chi connectivity index (χ1v) is 8.25. The van der Waals surface area contributed by atoms with Crippen LogP contribution in [0.2, 0.25) is 0 Å². The average Bonchev–Trinajstić information content (AvgIpc) is 3.13. The number of hydrogen-bond acceptors (Lipinski definition) is 5. The Kier molecular flexibility index (Phi) is 4.76. The molecular weight excluding hydrogens is 342 g/mol. The lowest BCUT2D eigenvalue weighted by molar-refractivity contribution is -0.384. The molecule has 0 aliphatic heterocycles. The van der Waals surface area contributed by atoms with E-state index in [0.29, 0.717) is 5.56 Å². The first-order valence-electron chi connectivity index (χ1n) is 7.31. The average molecular weight is 355 g/mol. The van der Waals surface area contributed by atoms with E-state index >= 15 is 0 Å². The van der Waals surface area contributed by atoms with Crippen molar-refractivity contribution in [1.82, 2.24) is 0 Å². The van der Waals surface area contributed by atoms with E-state index in [9.17, 15) is 20.0 Å². The number of nitro benzene ring substituents is 1. The van der Waals surface area contributed by atoms with Crippen LogP contribution in [0, 0.1) is 10.1 Å². The zero-order chi connectivity index (χ0) is 17.8. The summed E-state index contributed by atoms with van der Waals surface area (Å²) in [7, 11) is 0. The Hall–Kier alpha value is -3.19. The van der Waals surface area contributed by atoms with Crippen molar-refractivity contribution in [1.29, 1.82) is 0 Å². The Labute approximate surface area is 147 Å². The molecule has 6 nitrogen and oxygen atoms in total. The molecule has 2 aromatic carbocycles. The molecule has 7 heteroatoms. The van der Waals surface area contributed by atoms with E-state index in [1.54, 1.807) is 30.3 Å². The van der Waals surface area contributed by atoms with E-state index in [4.69, 9.17) is 4.74 Å². The Bertz CT molecular complexity index is 907. The molecule has 0 radical (unpaired) electrons. The molecule has 3 rings (SSSR count). The molecule has 0 unspecified atom stereocenters. The Morgan fingerprint density at radius 2 is 1.96 bits per heavy atom. The van der Waals surface area contributed by atoms with Crippen LogP contribution in [0.1, 0.15) is 15.9 Å². The number of carboxylic acids is 1. The number of hydrogen-bond donors (Lipinski definition) is 1. The van der Waals surface area contributed by atoms with Gasteiger partial charge in [-0.2, -0.15) is 11.3 Å². The van der Waals surface area contributed by atoms with Crippen LogP contribution in [0.5, 0.6) is 5.75 Å². The van der Waals surface area contributed by atoms with Gasteiger partial charge < -0.3 is 9.84 Å². The van der Waals surface area contributed by atoms with Gasteiger partial charge in [0.2, 0.25) is 0 Å². The number of carboxylic acid groups (broad SMARTS) is 1. The number of rotatable bonds is 6. The van der Waals surface area contributed by atoms with Crippen molar-refractivity contribution >= 4 is 23.0 Å².